The van der Waals surface area contributed by atoms with Crippen LogP contribution in [-0.4, -0.2) is 19.9 Å². The van der Waals surface area contributed by atoms with E-state index in [4.69, 9.17) is 15.7 Å². The minimum Gasteiger partial charge on any atom is -0.257 e. The van der Waals surface area contributed by atoms with Gasteiger partial charge >= 0.3 is 9.24 Å². The number of aryl methyl sites for hydroxylation is 1. The van der Waals surface area contributed by atoms with Crippen molar-refractivity contribution in [3.63, 3.8) is 0 Å². The van der Waals surface area contributed by atoms with E-state index in [0.717, 1.165) is 28.2 Å². The summed E-state index contributed by atoms with van der Waals surface area (Å²) in [6.07, 6.45) is 9.45. The topological polar surface area (TPSA) is 50.3 Å². The molecule has 4 nitrogen and oxygen atoms in total. The molecule has 0 N–H and O–H groups in total. The fourth-order valence-electron chi connectivity index (χ4n) is 3.37. The zero-order valence-corrected chi connectivity index (χ0v) is 17.5. The SMILES string of the molecule is CCCCCCCCc1csc(-c2ccc3c(c2)CCN3S(=O)(=O)Cl)n1. The molecular weight excluding hydrogens is 388 g/mol. The van der Waals surface area contributed by atoms with Gasteiger partial charge in [-0.2, -0.15) is 8.42 Å². The Kier molecular flexibility index (Phi) is 6.59. The van der Waals surface area contributed by atoms with E-state index in [1.54, 1.807) is 11.3 Å². The van der Waals surface area contributed by atoms with Crippen molar-refractivity contribution in [2.24, 2.45) is 0 Å². The average molecular weight is 413 g/mol. The first kappa shape index (κ1) is 19.6. The maximum absolute atomic E-state index is 11.6. The molecule has 0 aliphatic carbocycles. The van der Waals surface area contributed by atoms with Gasteiger partial charge in [-0.15, -0.1) is 11.3 Å². The van der Waals surface area contributed by atoms with Crippen molar-refractivity contribution >= 4 is 36.9 Å². The van der Waals surface area contributed by atoms with Gasteiger partial charge in [-0.25, -0.2) is 4.98 Å². The Morgan fingerprint density at radius 3 is 2.73 bits per heavy atom. The van der Waals surface area contributed by atoms with Gasteiger partial charge in [-0.05, 0) is 43.0 Å². The van der Waals surface area contributed by atoms with E-state index in [9.17, 15) is 8.42 Å². The average Bonchev–Trinajstić information content (AvgIpc) is 3.23. The number of hydrogen-bond donors (Lipinski definition) is 0. The molecule has 0 amide bonds. The van der Waals surface area contributed by atoms with Gasteiger partial charge in [0.1, 0.15) is 5.01 Å². The molecule has 142 valence electrons. The molecule has 2 aromatic rings. The molecule has 0 fully saturated rings. The molecule has 2 heterocycles. The second kappa shape index (κ2) is 8.72. The standard InChI is InChI=1S/C19H25ClN2O2S2/c1-2-3-4-5-6-7-8-17-14-25-19(21-17)16-9-10-18-15(13-16)11-12-22(18)26(20,23)24/h9-10,13-14H,2-8,11-12H2,1H3. The van der Waals surface area contributed by atoms with Crippen LogP contribution < -0.4 is 4.31 Å². The number of unbranched alkanes of at least 4 members (excludes halogenated alkanes) is 5. The molecule has 1 aliphatic rings. The molecule has 7 heteroatoms. The predicted molar refractivity (Wildman–Crippen MR) is 110 cm³/mol. The third-order valence-electron chi connectivity index (χ3n) is 4.78. The molecule has 0 unspecified atom stereocenters. The van der Waals surface area contributed by atoms with Gasteiger partial charge in [-0.3, -0.25) is 4.31 Å². The van der Waals surface area contributed by atoms with Crippen molar-refractivity contribution in [3.05, 3.63) is 34.8 Å². The van der Waals surface area contributed by atoms with Gasteiger partial charge in [0.25, 0.3) is 0 Å². The smallest absolute Gasteiger partial charge is 0.257 e. The maximum Gasteiger partial charge on any atom is 0.321 e. The van der Waals surface area contributed by atoms with E-state index in [1.807, 2.05) is 18.2 Å². The summed E-state index contributed by atoms with van der Waals surface area (Å²) in [5.74, 6) is 0. The summed E-state index contributed by atoms with van der Waals surface area (Å²) in [4.78, 5) is 4.77. The van der Waals surface area contributed by atoms with Crippen LogP contribution in [0.4, 0.5) is 5.69 Å². The van der Waals surface area contributed by atoms with Crippen LogP contribution in [0, 0.1) is 0 Å². The molecule has 0 saturated carbocycles. The maximum atomic E-state index is 11.6. The van der Waals surface area contributed by atoms with Gasteiger partial charge in [-0.1, -0.05) is 39.0 Å². The zero-order valence-electron chi connectivity index (χ0n) is 15.1. The van der Waals surface area contributed by atoms with Gasteiger partial charge < -0.3 is 0 Å². The predicted octanol–water partition coefficient (Wildman–Crippen LogP) is 5.56. The van der Waals surface area contributed by atoms with Crippen molar-refractivity contribution in [1.29, 1.82) is 0 Å². The highest BCUT2D eigenvalue weighted by atomic mass is 35.7. The molecule has 0 radical (unpaired) electrons. The molecule has 0 bridgehead atoms. The number of nitrogens with zero attached hydrogens (tertiary/aromatic N) is 2. The third-order valence-corrected chi connectivity index (χ3v) is 7.13. The lowest BCUT2D eigenvalue weighted by Gasteiger charge is -2.14. The Hall–Kier alpha value is -1.11. The second-order valence-corrected chi connectivity index (χ2v) is 10.1. The first-order valence-corrected chi connectivity index (χ1v) is 12.4. The summed E-state index contributed by atoms with van der Waals surface area (Å²) in [6, 6.07) is 5.82. The Morgan fingerprint density at radius 2 is 1.96 bits per heavy atom. The quantitative estimate of drug-likeness (QED) is 0.400. The van der Waals surface area contributed by atoms with Crippen LogP contribution in [0.3, 0.4) is 0 Å². The van der Waals surface area contributed by atoms with E-state index in [-0.39, 0.29) is 0 Å². The molecule has 1 aliphatic heterocycles. The lowest BCUT2D eigenvalue weighted by molar-refractivity contribution is 0.605. The summed E-state index contributed by atoms with van der Waals surface area (Å²) in [6.45, 7) is 2.65. The van der Waals surface area contributed by atoms with E-state index in [1.165, 1.54) is 42.8 Å². The third kappa shape index (κ3) is 4.78. The first-order chi connectivity index (χ1) is 12.5. The van der Waals surface area contributed by atoms with Crippen LogP contribution in [0.25, 0.3) is 10.6 Å². The van der Waals surface area contributed by atoms with Crippen LogP contribution in [0.1, 0.15) is 56.7 Å². The highest BCUT2D eigenvalue weighted by Crippen LogP contribution is 2.35. The summed E-state index contributed by atoms with van der Waals surface area (Å²) >= 11 is 1.66. The largest absolute Gasteiger partial charge is 0.321 e. The molecule has 1 aromatic carbocycles. The van der Waals surface area contributed by atoms with Crippen LogP contribution in [0.2, 0.25) is 0 Å². The molecule has 3 rings (SSSR count). The highest BCUT2D eigenvalue weighted by molar-refractivity contribution is 8.14. The molecular formula is C19H25ClN2O2S2. The molecule has 26 heavy (non-hydrogen) atoms. The van der Waals surface area contributed by atoms with Crippen molar-refractivity contribution in [1.82, 2.24) is 4.98 Å². The lowest BCUT2D eigenvalue weighted by Crippen LogP contribution is -2.24. The minimum atomic E-state index is -3.72. The van der Waals surface area contributed by atoms with Crippen LogP contribution in [0.5, 0.6) is 0 Å². The minimum absolute atomic E-state index is 0.409. The number of aromatic nitrogens is 1. The number of halogens is 1. The van der Waals surface area contributed by atoms with Crippen molar-refractivity contribution in [2.45, 2.75) is 58.3 Å². The number of rotatable bonds is 9. The number of benzene rings is 1. The Balaban J connectivity index is 1.62. The number of hydrogen-bond acceptors (Lipinski definition) is 4. The van der Waals surface area contributed by atoms with Crippen LogP contribution in [-0.2, 0) is 22.1 Å². The zero-order chi connectivity index (χ0) is 18.6. The van der Waals surface area contributed by atoms with Crippen LogP contribution >= 0.6 is 22.0 Å². The highest BCUT2D eigenvalue weighted by Gasteiger charge is 2.28. The van der Waals surface area contributed by atoms with Gasteiger partial charge in [0.15, 0.2) is 0 Å². The normalized spacial score (nSPS) is 14.0. The Morgan fingerprint density at radius 1 is 1.19 bits per heavy atom. The molecule has 0 saturated heterocycles. The second-order valence-electron chi connectivity index (χ2n) is 6.77. The fraction of sp³-hybridized carbons (Fsp3) is 0.526. The van der Waals surface area contributed by atoms with E-state index in [0.29, 0.717) is 18.7 Å². The number of fused-ring (bicyclic) bond motifs is 1. The molecule has 0 atom stereocenters. The van der Waals surface area contributed by atoms with Crippen molar-refractivity contribution in [2.75, 3.05) is 10.8 Å². The van der Waals surface area contributed by atoms with Gasteiger partial charge in [0.2, 0.25) is 0 Å². The number of anilines is 1. The molecule has 1 aromatic heterocycles. The lowest BCUT2D eigenvalue weighted by atomic mass is 10.1. The summed E-state index contributed by atoms with van der Waals surface area (Å²) in [7, 11) is 1.79. The van der Waals surface area contributed by atoms with E-state index >= 15 is 0 Å². The van der Waals surface area contributed by atoms with E-state index in [2.05, 4.69) is 12.3 Å². The van der Waals surface area contributed by atoms with E-state index < -0.39 is 9.24 Å². The Labute approximate surface area is 164 Å². The first-order valence-electron chi connectivity index (χ1n) is 9.29. The molecule has 0 spiro atoms. The van der Waals surface area contributed by atoms with Crippen molar-refractivity contribution < 1.29 is 8.42 Å². The van der Waals surface area contributed by atoms with Crippen molar-refractivity contribution in [3.8, 4) is 10.6 Å². The monoisotopic (exact) mass is 412 g/mol. The van der Waals surface area contributed by atoms with Gasteiger partial charge in [0, 0.05) is 28.2 Å². The summed E-state index contributed by atoms with van der Waals surface area (Å²) in [5.41, 5.74) is 3.91. The summed E-state index contributed by atoms with van der Waals surface area (Å²) < 4.78 is 24.5. The number of thiazole rings is 1. The van der Waals surface area contributed by atoms with Gasteiger partial charge in [0.05, 0.1) is 11.4 Å². The van der Waals surface area contributed by atoms with Crippen LogP contribution in [0.15, 0.2) is 23.6 Å². The summed E-state index contributed by atoms with van der Waals surface area (Å²) in [5, 5.41) is 3.14. The Bertz CT molecular complexity index is 849. The fourth-order valence-corrected chi connectivity index (χ4v) is 5.38.